The zero-order valence-electron chi connectivity index (χ0n) is 17.5. The van der Waals surface area contributed by atoms with Gasteiger partial charge in [0.25, 0.3) is 0 Å². The average molecular weight is 394 g/mol. The van der Waals surface area contributed by atoms with Crippen LogP contribution in [0.25, 0.3) is 16.9 Å². The van der Waals surface area contributed by atoms with E-state index in [1.807, 2.05) is 30.7 Å². The van der Waals surface area contributed by atoms with Crippen molar-refractivity contribution in [1.29, 1.82) is 0 Å². The number of nitrogens with zero attached hydrogens (tertiary/aromatic N) is 4. The molecular weight excluding hydrogens is 362 g/mol. The molecule has 6 nitrogen and oxygen atoms in total. The summed E-state index contributed by atoms with van der Waals surface area (Å²) in [5.41, 5.74) is 2.93. The molecule has 0 bridgehead atoms. The Kier molecular flexibility index (Phi) is 6.30. The van der Waals surface area contributed by atoms with Crippen molar-refractivity contribution in [3.05, 3.63) is 42.9 Å². The highest BCUT2D eigenvalue weighted by atomic mass is 16.5. The molecule has 0 spiro atoms. The lowest BCUT2D eigenvalue weighted by molar-refractivity contribution is 0.281. The maximum Gasteiger partial charge on any atom is 0.157 e. The summed E-state index contributed by atoms with van der Waals surface area (Å²) >= 11 is 0. The fraction of sp³-hybridized carbons (Fsp3) is 0.478. The first-order chi connectivity index (χ1) is 14.2. The van der Waals surface area contributed by atoms with Gasteiger partial charge in [0, 0.05) is 30.5 Å². The smallest absolute Gasteiger partial charge is 0.157 e. The Bertz CT molecular complexity index is 913. The van der Waals surface area contributed by atoms with E-state index in [9.17, 15) is 0 Å². The van der Waals surface area contributed by atoms with Crippen molar-refractivity contribution in [2.45, 2.75) is 44.6 Å². The van der Waals surface area contributed by atoms with Crippen LogP contribution in [0.1, 0.15) is 38.5 Å². The van der Waals surface area contributed by atoms with Crippen LogP contribution in [0.15, 0.2) is 42.9 Å². The van der Waals surface area contributed by atoms with E-state index in [1.165, 1.54) is 32.1 Å². The molecule has 0 saturated heterocycles. The van der Waals surface area contributed by atoms with E-state index in [0.717, 1.165) is 48.0 Å². The fourth-order valence-electron chi connectivity index (χ4n) is 3.97. The van der Waals surface area contributed by atoms with E-state index >= 15 is 0 Å². The lowest BCUT2D eigenvalue weighted by Gasteiger charge is -2.24. The zero-order valence-corrected chi connectivity index (χ0v) is 17.5. The molecule has 154 valence electrons. The Morgan fingerprint density at radius 1 is 1.14 bits per heavy atom. The molecule has 1 aliphatic rings. The molecule has 0 aliphatic heterocycles. The maximum atomic E-state index is 5.88. The molecule has 1 aliphatic carbocycles. The Hall–Kier alpha value is -2.60. The third-order valence-electron chi connectivity index (χ3n) is 5.52. The normalized spacial score (nSPS) is 15.1. The summed E-state index contributed by atoms with van der Waals surface area (Å²) in [7, 11) is 4.16. The van der Waals surface area contributed by atoms with E-state index in [4.69, 9.17) is 9.72 Å². The number of ether oxygens (including phenoxy) is 1. The Morgan fingerprint density at radius 3 is 2.69 bits per heavy atom. The molecule has 4 rings (SSSR count). The lowest BCUT2D eigenvalue weighted by Crippen LogP contribution is -2.23. The molecule has 2 aromatic heterocycles. The van der Waals surface area contributed by atoms with Gasteiger partial charge in [-0.25, -0.2) is 4.98 Å². The summed E-state index contributed by atoms with van der Waals surface area (Å²) in [6.07, 6.45) is 13.0. The summed E-state index contributed by atoms with van der Waals surface area (Å²) in [5, 5.41) is 3.77. The Morgan fingerprint density at radius 2 is 1.93 bits per heavy atom. The molecule has 0 unspecified atom stereocenters. The monoisotopic (exact) mass is 393 g/mol. The quantitative estimate of drug-likeness (QED) is 0.572. The fourth-order valence-corrected chi connectivity index (χ4v) is 3.97. The van der Waals surface area contributed by atoms with Gasteiger partial charge in [0.1, 0.15) is 17.3 Å². The van der Waals surface area contributed by atoms with Crippen molar-refractivity contribution in [1.82, 2.24) is 19.3 Å². The predicted molar refractivity (Wildman–Crippen MR) is 118 cm³/mol. The van der Waals surface area contributed by atoms with E-state index in [2.05, 4.69) is 45.8 Å². The van der Waals surface area contributed by atoms with Crippen LogP contribution in [0, 0.1) is 0 Å². The molecule has 1 fully saturated rings. The van der Waals surface area contributed by atoms with Gasteiger partial charge >= 0.3 is 0 Å². The number of anilines is 1. The van der Waals surface area contributed by atoms with Gasteiger partial charge in [0.05, 0.1) is 12.8 Å². The topological polar surface area (TPSA) is 54.7 Å². The first-order valence-electron chi connectivity index (χ1n) is 10.7. The SMILES string of the molecule is CN(C)CCCOc1ccc(-c2nc3cnccn3c2NC2CCCCC2)cc1. The number of imidazole rings is 1. The lowest BCUT2D eigenvalue weighted by atomic mass is 9.95. The number of fused-ring (bicyclic) bond motifs is 1. The second-order valence-corrected chi connectivity index (χ2v) is 8.12. The number of rotatable bonds is 8. The molecule has 1 saturated carbocycles. The zero-order chi connectivity index (χ0) is 20.1. The molecule has 0 atom stereocenters. The second-order valence-electron chi connectivity index (χ2n) is 8.12. The average Bonchev–Trinajstić information content (AvgIpc) is 3.11. The van der Waals surface area contributed by atoms with E-state index in [1.54, 1.807) is 0 Å². The van der Waals surface area contributed by atoms with Crippen LogP contribution < -0.4 is 10.1 Å². The summed E-state index contributed by atoms with van der Waals surface area (Å²) < 4.78 is 7.99. The van der Waals surface area contributed by atoms with Crippen LogP contribution in [0.3, 0.4) is 0 Å². The van der Waals surface area contributed by atoms with Crippen molar-refractivity contribution in [2.75, 3.05) is 32.6 Å². The van der Waals surface area contributed by atoms with Gasteiger partial charge in [-0.05, 0) is 57.6 Å². The predicted octanol–water partition coefficient (Wildman–Crippen LogP) is 4.47. The van der Waals surface area contributed by atoms with Crippen LogP contribution in [0.2, 0.25) is 0 Å². The van der Waals surface area contributed by atoms with Gasteiger partial charge in [-0.15, -0.1) is 0 Å². The number of aromatic nitrogens is 3. The van der Waals surface area contributed by atoms with Crippen molar-refractivity contribution in [3.8, 4) is 17.0 Å². The minimum absolute atomic E-state index is 0.509. The summed E-state index contributed by atoms with van der Waals surface area (Å²) in [4.78, 5) is 11.3. The standard InChI is InChI=1S/C23H31N5O/c1-27(2)14-6-16-29-20-11-9-18(10-12-20)22-23(25-19-7-4-3-5-8-19)28-15-13-24-17-21(28)26-22/h9-13,15,17,19,25H,3-8,14,16H2,1-2H3. The Labute approximate surface area is 172 Å². The van der Waals surface area contributed by atoms with Crippen molar-refractivity contribution >= 4 is 11.5 Å². The largest absolute Gasteiger partial charge is 0.494 e. The Balaban J connectivity index is 1.54. The third-order valence-corrected chi connectivity index (χ3v) is 5.52. The summed E-state index contributed by atoms with van der Waals surface area (Å²) in [5.74, 6) is 1.97. The van der Waals surface area contributed by atoms with Gasteiger partial charge in [-0.1, -0.05) is 19.3 Å². The molecule has 29 heavy (non-hydrogen) atoms. The number of benzene rings is 1. The molecule has 1 N–H and O–H groups in total. The van der Waals surface area contributed by atoms with Gasteiger partial charge in [0.2, 0.25) is 0 Å². The minimum Gasteiger partial charge on any atom is -0.494 e. The minimum atomic E-state index is 0.509. The van der Waals surface area contributed by atoms with Gasteiger partial charge in [-0.3, -0.25) is 9.38 Å². The first kappa shape index (κ1) is 19.7. The van der Waals surface area contributed by atoms with Crippen molar-refractivity contribution in [3.63, 3.8) is 0 Å². The van der Waals surface area contributed by atoms with Crippen molar-refractivity contribution < 1.29 is 4.74 Å². The molecule has 0 amide bonds. The van der Waals surface area contributed by atoms with Crippen LogP contribution in [0.4, 0.5) is 5.82 Å². The number of hydrogen-bond donors (Lipinski definition) is 1. The van der Waals surface area contributed by atoms with Crippen LogP contribution in [0.5, 0.6) is 5.75 Å². The van der Waals surface area contributed by atoms with E-state index < -0.39 is 0 Å². The molecule has 1 aromatic carbocycles. The highest BCUT2D eigenvalue weighted by molar-refractivity contribution is 5.76. The summed E-state index contributed by atoms with van der Waals surface area (Å²) in [6, 6.07) is 8.79. The molecule has 3 aromatic rings. The van der Waals surface area contributed by atoms with Gasteiger partial charge in [-0.2, -0.15) is 0 Å². The maximum absolute atomic E-state index is 5.88. The van der Waals surface area contributed by atoms with Crippen LogP contribution >= 0.6 is 0 Å². The number of hydrogen-bond acceptors (Lipinski definition) is 5. The molecular formula is C23H31N5O. The van der Waals surface area contributed by atoms with E-state index in [-0.39, 0.29) is 0 Å². The van der Waals surface area contributed by atoms with Gasteiger partial charge < -0.3 is 15.0 Å². The van der Waals surface area contributed by atoms with Crippen molar-refractivity contribution in [2.24, 2.45) is 0 Å². The van der Waals surface area contributed by atoms with Crippen LogP contribution in [-0.4, -0.2) is 52.6 Å². The third kappa shape index (κ3) is 4.88. The highest BCUT2D eigenvalue weighted by Crippen LogP contribution is 2.32. The number of nitrogens with one attached hydrogen (secondary N) is 1. The van der Waals surface area contributed by atoms with Crippen LogP contribution in [-0.2, 0) is 0 Å². The second kappa shape index (κ2) is 9.27. The first-order valence-corrected chi connectivity index (χ1v) is 10.7. The molecule has 6 heteroatoms. The summed E-state index contributed by atoms with van der Waals surface area (Å²) in [6.45, 7) is 1.76. The molecule has 2 heterocycles. The molecule has 0 radical (unpaired) electrons. The van der Waals surface area contributed by atoms with Gasteiger partial charge in [0.15, 0.2) is 5.65 Å². The highest BCUT2D eigenvalue weighted by Gasteiger charge is 2.19. The van der Waals surface area contributed by atoms with E-state index in [0.29, 0.717) is 6.04 Å².